The van der Waals surface area contributed by atoms with Gasteiger partial charge in [0, 0.05) is 37.1 Å². The summed E-state index contributed by atoms with van der Waals surface area (Å²) < 4.78 is 1.66. The fraction of sp³-hybridized carbons (Fsp3) is 0.438. The van der Waals surface area contributed by atoms with Crippen LogP contribution < -0.4 is 15.5 Å². The molecule has 3 heterocycles. The van der Waals surface area contributed by atoms with E-state index in [2.05, 4.69) is 15.7 Å². The van der Waals surface area contributed by atoms with E-state index in [1.54, 1.807) is 33.3 Å². The van der Waals surface area contributed by atoms with E-state index < -0.39 is 6.04 Å². The molecule has 3 rings (SSSR count). The minimum atomic E-state index is -0.487. The number of anilines is 1. The van der Waals surface area contributed by atoms with Crippen molar-refractivity contribution in [1.82, 2.24) is 20.4 Å². The highest BCUT2D eigenvalue weighted by molar-refractivity contribution is 7.09. The van der Waals surface area contributed by atoms with Gasteiger partial charge in [0.05, 0.1) is 11.9 Å². The van der Waals surface area contributed by atoms with Crippen LogP contribution >= 0.6 is 11.3 Å². The van der Waals surface area contributed by atoms with E-state index in [1.807, 2.05) is 31.5 Å². The molecule has 2 aromatic rings. The topological polar surface area (TPSA) is 79.3 Å². The molecular weight excluding hydrogens is 326 g/mol. The smallest absolute Gasteiger partial charge is 0.315 e. The van der Waals surface area contributed by atoms with Gasteiger partial charge in [-0.25, -0.2) is 4.79 Å². The van der Waals surface area contributed by atoms with Crippen LogP contribution in [0.15, 0.2) is 29.9 Å². The first kappa shape index (κ1) is 16.5. The molecule has 7 nitrogen and oxygen atoms in total. The van der Waals surface area contributed by atoms with Crippen molar-refractivity contribution in [3.05, 3.63) is 34.8 Å². The van der Waals surface area contributed by atoms with E-state index in [9.17, 15) is 9.59 Å². The molecule has 2 aromatic heterocycles. The van der Waals surface area contributed by atoms with Crippen LogP contribution in [0.3, 0.4) is 0 Å². The lowest BCUT2D eigenvalue weighted by Gasteiger charge is -2.17. The summed E-state index contributed by atoms with van der Waals surface area (Å²) in [5.41, 5.74) is 0.762. The fourth-order valence-electron chi connectivity index (χ4n) is 2.82. The number of hydrogen-bond acceptors (Lipinski definition) is 4. The van der Waals surface area contributed by atoms with Gasteiger partial charge in [0.1, 0.15) is 6.04 Å². The highest BCUT2D eigenvalue weighted by Gasteiger charge is 2.34. The summed E-state index contributed by atoms with van der Waals surface area (Å²) in [6.07, 6.45) is 4.83. The number of aryl methyl sites for hydroxylation is 1. The Kier molecular flexibility index (Phi) is 4.84. The summed E-state index contributed by atoms with van der Waals surface area (Å²) >= 11 is 1.67. The Balaban J connectivity index is 1.50. The van der Waals surface area contributed by atoms with Crippen molar-refractivity contribution in [1.29, 1.82) is 0 Å². The lowest BCUT2D eigenvalue weighted by Crippen LogP contribution is -2.48. The minimum absolute atomic E-state index is 0.00887. The van der Waals surface area contributed by atoms with Crippen molar-refractivity contribution in [2.45, 2.75) is 31.8 Å². The van der Waals surface area contributed by atoms with E-state index in [1.165, 1.54) is 4.88 Å². The molecule has 0 saturated carbocycles. The van der Waals surface area contributed by atoms with Crippen molar-refractivity contribution >= 4 is 29.0 Å². The average molecular weight is 347 g/mol. The maximum atomic E-state index is 12.4. The molecule has 1 saturated heterocycles. The lowest BCUT2D eigenvalue weighted by molar-refractivity contribution is -0.118. The molecule has 0 radical (unpaired) electrons. The number of rotatable bonds is 5. The number of carbonyl (C=O) groups is 2. The average Bonchev–Trinajstić information content (AvgIpc) is 3.23. The molecule has 0 aliphatic carbocycles. The second kappa shape index (κ2) is 7.04. The molecule has 1 fully saturated rings. The molecule has 0 spiro atoms. The van der Waals surface area contributed by atoms with Crippen molar-refractivity contribution in [2.75, 3.05) is 11.4 Å². The van der Waals surface area contributed by atoms with Crippen molar-refractivity contribution < 1.29 is 9.59 Å². The summed E-state index contributed by atoms with van der Waals surface area (Å²) in [5, 5.41) is 11.8. The first-order chi connectivity index (χ1) is 11.5. The Morgan fingerprint density at radius 2 is 2.38 bits per heavy atom. The van der Waals surface area contributed by atoms with Gasteiger partial charge < -0.3 is 15.5 Å². The fourth-order valence-corrected chi connectivity index (χ4v) is 3.66. The lowest BCUT2D eigenvalue weighted by atomic mass is 10.2. The highest BCUT2D eigenvalue weighted by atomic mass is 32.1. The maximum absolute atomic E-state index is 12.4. The predicted molar refractivity (Wildman–Crippen MR) is 93.1 cm³/mol. The van der Waals surface area contributed by atoms with Crippen LogP contribution in [0.4, 0.5) is 10.5 Å². The second-order valence-electron chi connectivity index (χ2n) is 6.01. The second-order valence-corrected chi connectivity index (χ2v) is 7.04. The molecular formula is C16H21N5O2S. The van der Waals surface area contributed by atoms with E-state index in [-0.39, 0.29) is 18.0 Å². The molecule has 3 amide bonds. The van der Waals surface area contributed by atoms with Crippen LogP contribution in [-0.4, -0.2) is 40.3 Å². The largest absolute Gasteiger partial charge is 0.335 e. The standard InChI is InChI=1S/C16H21N5O2S/c1-11(8-13-4-3-7-24-13)18-16(23)19-14-5-6-21(15(14)22)12-9-17-20(2)10-12/h3-4,7,9-11,14H,5-6,8H2,1-2H3,(H2,18,19,23)/t11-,14+/m0/s1. The van der Waals surface area contributed by atoms with Gasteiger partial charge in [-0.05, 0) is 24.8 Å². The third-order valence-corrected chi connectivity index (χ3v) is 4.88. The van der Waals surface area contributed by atoms with E-state index in [0.29, 0.717) is 13.0 Å². The molecule has 0 unspecified atom stereocenters. The molecule has 8 heteroatoms. The van der Waals surface area contributed by atoms with Crippen LogP contribution in [0.5, 0.6) is 0 Å². The summed E-state index contributed by atoms with van der Waals surface area (Å²) in [7, 11) is 1.81. The third kappa shape index (κ3) is 3.76. The first-order valence-corrected chi connectivity index (χ1v) is 8.80. The number of aromatic nitrogens is 2. The number of nitrogens with zero attached hydrogens (tertiary/aromatic N) is 3. The molecule has 128 valence electrons. The Hall–Kier alpha value is -2.35. The number of urea groups is 1. The van der Waals surface area contributed by atoms with E-state index in [4.69, 9.17) is 0 Å². The number of hydrogen-bond donors (Lipinski definition) is 2. The van der Waals surface area contributed by atoms with Gasteiger partial charge in [-0.1, -0.05) is 6.07 Å². The molecule has 0 aromatic carbocycles. The minimum Gasteiger partial charge on any atom is -0.335 e. The zero-order valence-electron chi connectivity index (χ0n) is 13.7. The van der Waals surface area contributed by atoms with Gasteiger partial charge in [0.25, 0.3) is 0 Å². The molecule has 2 N–H and O–H groups in total. The quantitative estimate of drug-likeness (QED) is 0.861. The molecule has 0 bridgehead atoms. The van der Waals surface area contributed by atoms with Crippen molar-refractivity contribution in [3.8, 4) is 0 Å². The van der Waals surface area contributed by atoms with Crippen molar-refractivity contribution in [2.24, 2.45) is 7.05 Å². The monoisotopic (exact) mass is 347 g/mol. The SMILES string of the molecule is C[C@@H](Cc1cccs1)NC(=O)N[C@@H]1CCN(c2cnn(C)c2)C1=O. The Morgan fingerprint density at radius 1 is 1.54 bits per heavy atom. The van der Waals surface area contributed by atoms with E-state index in [0.717, 1.165) is 12.1 Å². The highest BCUT2D eigenvalue weighted by Crippen LogP contribution is 2.20. The molecule has 24 heavy (non-hydrogen) atoms. The van der Waals surface area contributed by atoms with Gasteiger partial charge in [0.2, 0.25) is 5.91 Å². The zero-order chi connectivity index (χ0) is 17.1. The number of thiophene rings is 1. The maximum Gasteiger partial charge on any atom is 0.315 e. The van der Waals surface area contributed by atoms with Crippen LogP contribution in [-0.2, 0) is 18.3 Å². The first-order valence-electron chi connectivity index (χ1n) is 7.92. The third-order valence-electron chi connectivity index (χ3n) is 3.98. The van der Waals surface area contributed by atoms with Gasteiger partial charge in [-0.3, -0.25) is 9.48 Å². The van der Waals surface area contributed by atoms with Crippen LogP contribution in [0.25, 0.3) is 0 Å². The van der Waals surface area contributed by atoms with Crippen molar-refractivity contribution in [3.63, 3.8) is 0 Å². The Bertz CT molecular complexity index is 712. The van der Waals surface area contributed by atoms with Crippen LogP contribution in [0.1, 0.15) is 18.2 Å². The number of nitrogens with one attached hydrogen (secondary N) is 2. The normalized spacial score (nSPS) is 18.7. The molecule has 2 atom stereocenters. The van der Waals surface area contributed by atoms with Gasteiger partial charge in [0.15, 0.2) is 0 Å². The molecule has 1 aliphatic rings. The Morgan fingerprint density at radius 3 is 3.04 bits per heavy atom. The number of amides is 3. The predicted octanol–water partition coefficient (Wildman–Crippen LogP) is 1.52. The summed E-state index contributed by atoms with van der Waals surface area (Å²) in [4.78, 5) is 27.4. The molecule has 1 aliphatic heterocycles. The summed E-state index contributed by atoms with van der Waals surface area (Å²) in [6.45, 7) is 2.54. The van der Waals surface area contributed by atoms with Crippen LogP contribution in [0, 0.1) is 0 Å². The number of carbonyl (C=O) groups excluding carboxylic acids is 2. The zero-order valence-corrected chi connectivity index (χ0v) is 14.5. The summed E-state index contributed by atoms with van der Waals surface area (Å²) in [5.74, 6) is -0.0935. The Labute approximate surface area is 144 Å². The summed E-state index contributed by atoms with van der Waals surface area (Å²) in [6, 6.07) is 3.27. The van der Waals surface area contributed by atoms with Gasteiger partial charge >= 0.3 is 6.03 Å². The van der Waals surface area contributed by atoms with E-state index >= 15 is 0 Å². The van der Waals surface area contributed by atoms with Gasteiger partial charge in [-0.15, -0.1) is 11.3 Å². The van der Waals surface area contributed by atoms with Gasteiger partial charge in [-0.2, -0.15) is 5.10 Å². The van der Waals surface area contributed by atoms with Crippen LogP contribution in [0.2, 0.25) is 0 Å².